The first-order chi connectivity index (χ1) is 13.6. The molecule has 8 nitrogen and oxygen atoms in total. The summed E-state index contributed by atoms with van der Waals surface area (Å²) < 4.78 is 16.0. The Morgan fingerprint density at radius 2 is 2.11 bits per heavy atom. The Morgan fingerprint density at radius 3 is 2.82 bits per heavy atom. The maximum absolute atomic E-state index is 12.7. The third-order valence-electron chi connectivity index (χ3n) is 4.48. The van der Waals surface area contributed by atoms with Gasteiger partial charge in [0.15, 0.2) is 0 Å². The number of hydrogen-bond donors (Lipinski definition) is 1. The Hall–Kier alpha value is -3.29. The van der Waals surface area contributed by atoms with E-state index >= 15 is 0 Å². The lowest BCUT2D eigenvalue weighted by atomic mass is 10.1. The summed E-state index contributed by atoms with van der Waals surface area (Å²) in [4.78, 5) is 31.0. The molecule has 28 heavy (non-hydrogen) atoms. The van der Waals surface area contributed by atoms with Gasteiger partial charge in [-0.1, -0.05) is 0 Å². The SMILES string of the molecule is CCOc1ncccc1NC(=O)C1CC(=O)N(c2cc(OC)ccc2OC)C1. The molecule has 3 rings (SSSR count). The predicted octanol–water partition coefficient (Wildman–Crippen LogP) is 2.49. The Kier molecular flexibility index (Phi) is 5.98. The van der Waals surface area contributed by atoms with Gasteiger partial charge in [0.1, 0.15) is 17.2 Å². The number of aromatic nitrogens is 1. The molecular formula is C20H23N3O5. The van der Waals surface area contributed by atoms with E-state index in [2.05, 4.69) is 10.3 Å². The third-order valence-corrected chi connectivity index (χ3v) is 4.48. The van der Waals surface area contributed by atoms with Crippen LogP contribution >= 0.6 is 0 Å². The number of ether oxygens (including phenoxy) is 3. The zero-order valence-electron chi connectivity index (χ0n) is 16.1. The monoisotopic (exact) mass is 385 g/mol. The van der Waals surface area contributed by atoms with Crippen LogP contribution in [-0.4, -0.2) is 44.2 Å². The fourth-order valence-corrected chi connectivity index (χ4v) is 3.10. The normalized spacial score (nSPS) is 16.0. The molecule has 1 atom stereocenters. The summed E-state index contributed by atoms with van der Waals surface area (Å²) in [5.74, 6) is 0.594. The van der Waals surface area contributed by atoms with Gasteiger partial charge >= 0.3 is 0 Å². The van der Waals surface area contributed by atoms with Crippen LogP contribution in [0.1, 0.15) is 13.3 Å². The fourth-order valence-electron chi connectivity index (χ4n) is 3.10. The third kappa shape index (κ3) is 4.00. The average molecular weight is 385 g/mol. The van der Waals surface area contributed by atoms with Crippen molar-refractivity contribution in [1.82, 2.24) is 4.98 Å². The summed E-state index contributed by atoms with van der Waals surface area (Å²) >= 11 is 0. The molecular weight excluding hydrogens is 362 g/mol. The van der Waals surface area contributed by atoms with Gasteiger partial charge in [-0.3, -0.25) is 9.59 Å². The molecule has 1 aromatic heterocycles. The average Bonchev–Trinajstić information content (AvgIpc) is 3.10. The van der Waals surface area contributed by atoms with Crippen molar-refractivity contribution in [2.45, 2.75) is 13.3 Å². The van der Waals surface area contributed by atoms with E-state index in [9.17, 15) is 9.59 Å². The second-order valence-electron chi connectivity index (χ2n) is 6.22. The number of carbonyl (C=O) groups is 2. The second kappa shape index (κ2) is 8.60. The van der Waals surface area contributed by atoms with Crippen molar-refractivity contribution in [2.24, 2.45) is 5.92 Å². The number of rotatable bonds is 7. The van der Waals surface area contributed by atoms with Crippen LogP contribution in [0, 0.1) is 5.92 Å². The first kappa shape index (κ1) is 19.5. The standard InChI is InChI=1S/C20H23N3O5/c1-4-28-20-15(6-5-9-21-20)22-19(25)13-10-18(24)23(12-13)16-11-14(26-2)7-8-17(16)27-3/h5-9,11,13H,4,10,12H2,1-3H3,(H,22,25). The van der Waals surface area contributed by atoms with E-state index in [4.69, 9.17) is 14.2 Å². The van der Waals surface area contributed by atoms with Gasteiger partial charge in [0.2, 0.25) is 17.7 Å². The van der Waals surface area contributed by atoms with Gasteiger partial charge in [0, 0.05) is 25.2 Å². The van der Waals surface area contributed by atoms with Crippen molar-refractivity contribution in [3.63, 3.8) is 0 Å². The van der Waals surface area contributed by atoms with E-state index < -0.39 is 5.92 Å². The van der Waals surface area contributed by atoms with Crippen LogP contribution in [-0.2, 0) is 9.59 Å². The first-order valence-electron chi connectivity index (χ1n) is 8.98. The minimum absolute atomic E-state index is 0.108. The van der Waals surface area contributed by atoms with Crippen LogP contribution in [0.25, 0.3) is 0 Å². The summed E-state index contributed by atoms with van der Waals surface area (Å²) in [6, 6.07) is 8.65. The van der Waals surface area contributed by atoms with Crippen molar-refractivity contribution >= 4 is 23.2 Å². The summed E-state index contributed by atoms with van der Waals surface area (Å²) in [5.41, 5.74) is 1.07. The zero-order chi connectivity index (χ0) is 20.1. The van der Waals surface area contributed by atoms with Crippen LogP contribution in [0.15, 0.2) is 36.5 Å². The van der Waals surface area contributed by atoms with Crippen LogP contribution in [0.3, 0.4) is 0 Å². The summed E-state index contributed by atoms with van der Waals surface area (Å²) in [7, 11) is 3.09. The molecule has 2 heterocycles. The molecule has 0 bridgehead atoms. The molecule has 1 N–H and O–H groups in total. The maximum Gasteiger partial charge on any atom is 0.237 e. The van der Waals surface area contributed by atoms with Gasteiger partial charge in [0.25, 0.3) is 0 Å². The Morgan fingerprint density at radius 1 is 1.29 bits per heavy atom. The summed E-state index contributed by atoms with van der Waals surface area (Å²) in [6.07, 6.45) is 1.70. The van der Waals surface area contributed by atoms with E-state index in [0.29, 0.717) is 35.4 Å². The highest BCUT2D eigenvalue weighted by atomic mass is 16.5. The first-order valence-corrected chi connectivity index (χ1v) is 8.98. The van der Waals surface area contributed by atoms with Crippen LogP contribution in [0.4, 0.5) is 11.4 Å². The number of pyridine rings is 1. The fraction of sp³-hybridized carbons (Fsp3) is 0.350. The quantitative estimate of drug-likeness (QED) is 0.788. The number of methoxy groups -OCH3 is 2. The largest absolute Gasteiger partial charge is 0.497 e. The van der Waals surface area contributed by atoms with Crippen LogP contribution in [0.5, 0.6) is 17.4 Å². The van der Waals surface area contributed by atoms with Gasteiger partial charge in [0.05, 0.1) is 32.4 Å². The van der Waals surface area contributed by atoms with Crippen molar-refractivity contribution in [3.05, 3.63) is 36.5 Å². The molecule has 0 saturated carbocycles. The minimum atomic E-state index is -0.502. The molecule has 0 radical (unpaired) electrons. The Bertz CT molecular complexity index is 871. The molecule has 1 saturated heterocycles. The number of hydrogen-bond acceptors (Lipinski definition) is 6. The molecule has 8 heteroatoms. The molecule has 1 unspecified atom stereocenters. The van der Waals surface area contributed by atoms with Gasteiger partial charge < -0.3 is 24.4 Å². The van der Waals surface area contributed by atoms with Crippen molar-refractivity contribution in [2.75, 3.05) is 37.6 Å². The molecule has 0 spiro atoms. The number of nitrogens with zero attached hydrogens (tertiary/aromatic N) is 2. The predicted molar refractivity (Wildman–Crippen MR) is 104 cm³/mol. The lowest BCUT2D eigenvalue weighted by Gasteiger charge is -2.20. The van der Waals surface area contributed by atoms with Crippen molar-refractivity contribution < 1.29 is 23.8 Å². The summed E-state index contributed by atoms with van der Waals surface area (Å²) in [6.45, 7) is 2.53. The van der Waals surface area contributed by atoms with E-state index in [0.717, 1.165) is 0 Å². The smallest absolute Gasteiger partial charge is 0.237 e. The van der Waals surface area contributed by atoms with Crippen molar-refractivity contribution in [1.29, 1.82) is 0 Å². The van der Waals surface area contributed by atoms with E-state index in [1.165, 1.54) is 7.11 Å². The molecule has 148 valence electrons. The molecule has 0 aliphatic carbocycles. The van der Waals surface area contributed by atoms with Gasteiger partial charge in [-0.2, -0.15) is 0 Å². The lowest BCUT2D eigenvalue weighted by Crippen LogP contribution is -2.28. The van der Waals surface area contributed by atoms with Crippen LogP contribution in [0.2, 0.25) is 0 Å². The minimum Gasteiger partial charge on any atom is -0.497 e. The number of amides is 2. The van der Waals surface area contributed by atoms with E-state index in [1.54, 1.807) is 48.5 Å². The summed E-state index contributed by atoms with van der Waals surface area (Å²) in [5, 5.41) is 2.82. The van der Waals surface area contributed by atoms with E-state index in [-0.39, 0.29) is 24.8 Å². The van der Waals surface area contributed by atoms with E-state index in [1.807, 2.05) is 6.92 Å². The number of benzene rings is 1. The van der Waals surface area contributed by atoms with Gasteiger partial charge in [-0.15, -0.1) is 0 Å². The highest BCUT2D eigenvalue weighted by molar-refractivity contribution is 6.04. The number of anilines is 2. The Balaban J connectivity index is 1.77. The van der Waals surface area contributed by atoms with Crippen molar-refractivity contribution in [3.8, 4) is 17.4 Å². The van der Waals surface area contributed by atoms with Crippen LogP contribution < -0.4 is 24.4 Å². The number of carbonyl (C=O) groups excluding carboxylic acids is 2. The molecule has 2 aromatic rings. The molecule has 1 aliphatic rings. The van der Waals surface area contributed by atoms with Gasteiger partial charge in [-0.05, 0) is 31.2 Å². The Labute approximate surface area is 163 Å². The highest BCUT2D eigenvalue weighted by Crippen LogP contribution is 2.36. The highest BCUT2D eigenvalue weighted by Gasteiger charge is 2.36. The number of nitrogens with one attached hydrogen (secondary N) is 1. The molecule has 2 amide bonds. The molecule has 1 aromatic carbocycles. The topological polar surface area (TPSA) is 90.0 Å². The second-order valence-corrected chi connectivity index (χ2v) is 6.22. The lowest BCUT2D eigenvalue weighted by molar-refractivity contribution is -0.122. The molecule has 1 fully saturated rings. The maximum atomic E-state index is 12.7. The zero-order valence-corrected chi connectivity index (χ0v) is 16.1. The molecule has 1 aliphatic heterocycles. The van der Waals surface area contributed by atoms with Gasteiger partial charge in [-0.25, -0.2) is 4.98 Å².